The van der Waals surface area contributed by atoms with E-state index in [1.54, 1.807) is 13.2 Å². The average Bonchev–Trinajstić information content (AvgIpc) is 3.38. The molecule has 1 saturated carbocycles. The first-order valence-electron chi connectivity index (χ1n) is 13.2. The second-order valence-electron chi connectivity index (χ2n) is 9.59. The van der Waals surface area contributed by atoms with E-state index in [1.807, 2.05) is 24.3 Å². The van der Waals surface area contributed by atoms with Gasteiger partial charge in [0.1, 0.15) is 25.0 Å². The van der Waals surface area contributed by atoms with Crippen molar-refractivity contribution in [3.05, 3.63) is 30.5 Å². The van der Waals surface area contributed by atoms with Gasteiger partial charge in [0, 0.05) is 25.0 Å². The van der Waals surface area contributed by atoms with E-state index in [9.17, 15) is 8.42 Å². The summed E-state index contributed by atoms with van der Waals surface area (Å²) in [6.45, 7) is 2.68. The van der Waals surface area contributed by atoms with Gasteiger partial charge >= 0.3 is 0 Å². The first-order valence-corrected chi connectivity index (χ1v) is 15.0. The van der Waals surface area contributed by atoms with E-state index in [4.69, 9.17) is 23.7 Å². The molecule has 0 unspecified atom stereocenters. The van der Waals surface area contributed by atoms with E-state index in [0.717, 1.165) is 31.1 Å². The molecule has 2 atom stereocenters. The number of anilines is 2. The molecule has 13 heteroatoms. The second-order valence-corrected chi connectivity index (χ2v) is 11.6. The van der Waals surface area contributed by atoms with Crippen molar-refractivity contribution in [1.29, 1.82) is 0 Å². The Morgan fingerprint density at radius 3 is 2.46 bits per heavy atom. The Morgan fingerprint density at radius 2 is 1.69 bits per heavy atom. The number of hydrogen-bond donors (Lipinski definition) is 2. The Labute approximate surface area is 228 Å². The van der Waals surface area contributed by atoms with Crippen LogP contribution in [-0.2, 0) is 19.5 Å². The Hall–Kier alpha value is -3.13. The lowest BCUT2D eigenvalue weighted by atomic mass is 9.92. The van der Waals surface area contributed by atoms with E-state index in [1.165, 1.54) is 10.6 Å². The highest BCUT2D eigenvalue weighted by atomic mass is 32.2. The number of H-pyrrole nitrogens is 1. The van der Waals surface area contributed by atoms with Crippen LogP contribution >= 0.6 is 0 Å². The number of ether oxygens (including phenoxy) is 5. The largest absolute Gasteiger partial charge is 0.487 e. The van der Waals surface area contributed by atoms with Gasteiger partial charge in [-0.3, -0.25) is 0 Å². The van der Waals surface area contributed by atoms with Gasteiger partial charge in [0.2, 0.25) is 21.9 Å². The molecule has 1 fully saturated rings. The summed E-state index contributed by atoms with van der Waals surface area (Å²) in [5.74, 6) is 1.89. The van der Waals surface area contributed by atoms with E-state index in [-0.39, 0.29) is 12.1 Å². The quantitative estimate of drug-likeness (QED) is 0.462. The highest BCUT2D eigenvalue weighted by molar-refractivity contribution is 7.88. The highest BCUT2D eigenvalue weighted by Gasteiger charge is 2.34. The molecule has 5 rings (SSSR count). The van der Waals surface area contributed by atoms with Crippen molar-refractivity contribution >= 4 is 32.7 Å². The van der Waals surface area contributed by atoms with Gasteiger partial charge in [0.25, 0.3) is 0 Å². The van der Waals surface area contributed by atoms with Crippen LogP contribution in [0.15, 0.2) is 30.5 Å². The van der Waals surface area contributed by atoms with Gasteiger partial charge in [-0.25, -0.2) is 8.42 Å². The smallest absolute Gasteiger partial charge is 0.232 e. The van der Waals surface area contributed by atoms with Crippen LogP contribution in [0.25, 0.3) is 11.0 Å². The molecular formula is C26H35N5O7S. The van der Waals surface area contributed by atoms with Gasteiger partial charge in [-0.05, 0) is 37.5 Å². The third kappa shape index (κ3) is 6.90. The Balaban J connectivity index is 1.38. The molecule has 3 heterocycles. The van der Waals surface area contributed by atoms with Crippen molar-refractivity contribution in [1.82, 2.24) is 19.3 Å². The van der Waals surface area contributed by atoms with Gasteiger partial charge in [-0.1, -0.05) is 6.42 Å². The van der Waals surface area contributed by atoms with E-state index >= 15 is 0 Å². The molecule has 212 valence electrons. The number of sulfonamides is 1. The summed E-state index contributed by atoms with van der Waals surface area (Å²) in [4.78, 5) is 12.4. The van der Waals surface area contributed by atoms with E-state index < -0.39 is 10.0 Å². The maximum absolute atomic E-state index is 12.3. The molecule has 39 heavy (non-hydrogen) atoms. The van der Waals surface area contributed by atoms with Crippen LogP contribution in [0.3, 0.4) is 0 Å². The van der Waals surface area contributed by atoms with Crippen LogP contribution in [-0.4, -0.2) is 92.8 Å². The number of aromatic nitrogens is 3. The van der Waals surface area contributed by atoms with Crippen molar-refractivity contribution in [2.24, 2.45) is 0 Å². The average molecular weight is 562 g/mol. The molecule has 12 nitrogen and oxygen atoms in total. The molecule has 0 radical (unpaired) electrons. The fourth-order valence-electron chi connectivity index (χ4n) is 4.77. The lowest BCUT2D eigenvalue weighted by Crippen LogP contribution is -2.48. The summed E-state index contributed by atoms with van der Waals surface area (Å²) >= 11 is 0. The Morgan fingerprint density at radius 1 is 0.974 bits per heavy atom. The van der Waals surface area contributed by atoms with Gasteiger partial charge in [0.15, 0.2) is 11.5 Å². The number of hydrogen-bond acceptors (Lipinski definition) is 10. The van der Waals surface area contributed by atoms with Crippen LogP contribution in [0.2, 0.25) is 0 Å². The molecule has 0 saturated heterocycles. The number of fused-ring (bicyclic) bond motifs is 2. The number of nitrogens with zero attached hydrogens (tertiary/aromatic N) is 3. The zero-order valence-electron chi connectivity index (χ0n) is 22.2. The summed E-state index contributed by atoms with van der Waals surface area (Å²) in [7, 11) is -1.75. The molecule has 3 aromatic rings. The normalized spacial score (nSPS) is 21.2. The summed E-state index contributed by atoms with van der Waals surface area (Å²) in [5, 5.41) is 3.96. The molecule has 1 aliphatic carbocycles. The molecule has 0 spiro atoms. The zero-order chi connectivity index (χ0) is 27.2. The molecule has 1 aliphatic heterocycles. The third-order valence-corrected chi connectivity index (χ3v) is 8.16. The number of nitrogens with one attached hydrogen (secondary N) is 2. The Kier molecular flexibility index (Phi) is 8.70. The van der Waals surface area contributed by atoms with E-state index in [2.05, 4.69) is 20.3 Å². The Bertz CT molecular complexity index is 1370. The van der Waals surface area contributed by atoms with E-state index in [0.29, 0.717) is 74.3 Å². The zero-order valence-corrected chi connectivity index (χ0v) is 23.0. The minimum absolute atomic E-state index is 0.268. The van der Waals surface area contributed by atoms with Crippen molar-refractivity contribution in [2.75, 3.05) is 58.3 Å². The molecule has 2 N–H and O–H groups in total. The minimum atomic E-state index is -3.36. The standard InChI is InChI=1S/C26H35N5O7S/c1-31(39(2,32)33)20-5-3-4-6-21(20)38-25-19-9-10-27-24(19)29-26(30-25)28-18-7-8-22-23(17-18)37-16-14-35-12-11-34-13-15-36-22/h7-10,17,20-21H,3-6,11-16H2,1-2H3,(H2,27,28,29,30)/t20-,21-/m1/s1. The molecular weight excluding hydrogens is 526 g/mol. The lowest BCUT2D eigenvalue weighted by Gasteiger charge is -2.36. The number of likely N-dealkylation sites (N-methyl/N-ethyl adjacent to an activating group) is 1. The maximum Gasteiger partial charge on any atom is 0.232 e. The van der Waals surface area contributed by atoms with Crippen LogP contribution in [0.5, 0.6) is 17.4 Å². The molecule has 0 amide bonds. The molecule has 2 aliphatic rings. The van der Waals surface area contributed by atoms with Crippen LogP contribution in [0.4, 0.5) is 11.6 Å². The summed E-state index contributed by atoms with van der Waals surface area (Å²) in [6, 6.07) is 7.08. The van der Waals surface area contributed by atoms with Crippen LogP contribution < -0.4 is 19.5 Å². The maximum atomic E-state index is 12.3. The number of aromatic amines is 1. The van der Waals surface area contributed by atoms with Gasteiger partial charge in [0.05, 0.1) is 44.1 Å². The predicted molar refractivity (Wildman–Crippen MR) is 146 cm³/mol. The van der Waals surface area contributed by atoms with Crippen molar-refractivity contribution in [3.8, 4) is 17.4 Å². The highest BCUT2D eigenvalue weighted by Crippen LogP contribution is 2.34. The van der Waals surface area contributed by atoms with Crippen LogP contribution in [0.1, 0.15) is 25.7 Å². The van der Waals surface area contributed by atoms with Crippen molar-refractivity contribution in [3.63, 3.8) is 0 Å². The number of rotatable bonds is 6. The minimum Gasteiger partial charge on any atom is -0.487 e. The molecule has 2 aromatic heterocycles. The van der Waals surface area contributed by atoms with Gasteiger partial charge in [-0.2, -0.15) is 14.3 Å². The summed E-state index contributed by atoms with van der Waals surface area (Å²) in [6.07, 6.45) is 6.04. The van der Waals surface area contributed by atoms with Crippen molar-refractivity contribution < 1.29 is 32.1 Å². The van der Waals surface area contributed by atoms with Crippen molar-refractivity contribution in [2.45, 2.75) is 37.8 Å². The third-order valence-electron chi connectivity index (χ3n) is 6.84. The monoisotopic (exact) mass is 561 g/mol. The SMILES string of the molecule is CN([C@@H]1CCCC[C@H]1Oc1nc(Nc2ccc3c(c2)OCCOCCOCCO3)nc2[nH]ccc12)S(C)(=O)=O. The van der Waals surface area contributed by atoms with Crippen LogP contribution in [0, 0.1) is 0 Å². The fraction of sp³-hybridized carbons (Fsp3) is 0.538. The topological polar surface area (TPSA) is 137 Å². The second kappa shape index (κ2) is 12.4. The predicted octanol–water partition coefficient (Wildman–Crippen LogP) is 3.09. The lowest BCUT2D eigenvalue weighted by molar-refractivity contribution is 0.0223. The number of benzene rings is 1. The summed E-state index contributed by atoms with van der Waals surface area (Å²) in [5.41, 5.74) is 1.31. The summed E-state index contributed by atoms with van der Waals surface area (Å²) < 4.78 is 55.1. The fourth-order valence-corrected chi connectivity index (χ4v) is 5.50. The first-order chi connectivity index (χ1) is 18.9. The molecule has 1 aromatic carbocycles. The molecule has 0 bridgehead atoms. The van der Waals surface area contributed by atoms with Gasteiger partial charge in [-0.15, -0.1) is 0 Å². The first kappa shape index (κ1) is 27.4. The van der Waals surface area contributed by atoms with Gasteiger partial charge < -0.3 is 34.0 Å².